The van der Waals surface area contributed by atoms with Crippen molar-refractivity contribution >= 4 is 0 Å². The molecule has 13 heavy (non-hydrogen) atoms. The summed E-state index contributed by atoms with van der Waals surface area (Å²) in [6.07, 6.45) is 1.80. The molecule has 0 saturated heterocycles. The highest BCUT2D eigenvalue weighted by Crippen LogP contribution is 2.14. The SMILES string of the molecule is COC(C)(C)C[C@@H](C)NCCCO. The molecule has 0 aliphatic rings. The van der Waals surface area contributed by atoms with E-state index in [0.717, 1.165) is 19.4 Å². The molecule has 0 spiro atoms. The standard InChI is InChI=1S/C10H23NO2/c1-9(11-6-5-7-12)8-10(2,3)13-4/h9,11-12H,5-8H2,1-4H3/t9-/m1/s1. The number of aliphatic hydroxyl groups excluding tert-OH is 1. The van der Waals surface area contributed by atoms with Crippen LogP contribution in [-0.2, 0) is 4.74 Å². The monoisotopic (exact) mass is 189 g/mol. The van der Waals surface area contributed by atoms with Gasteiger partial charge in [-0.25, -0.2) is 0 Å². The Morgan fingerprint density at radius 2 is 2.08 bits per heavy atom. The van der Waals surface area contributed by atoms with E-state index in [4.69, 9.17) is 9.84 Å². The first-order chi connectivity index (χ1) is 6.02. The Kier molecular flexibility index (Phi) is 6.29. The van der Waals surface area contributed by atoms with Crippen molar-refractivity contribution in [1.82, 2.24) is 5.32 Å². The summed E-state index contributed by atoms with van der Waals surface area (Å²) in [5, 5.41) is 11.9. The molecular formula is C10H23NO2. The van der Waals surface area contributed by atoms with Crippen LogP contribution in [0.5, 0.6) is 0 Å². The lowest BCUT2D eigenvalue weighted by Crippen LogP contribution is -2.36. The summed E-state index contributed by atoms with van der Waals surface area (Å²) >= 11 is 0. The van der Waals surface area contributed by atoms with Crippen LogP contribution in [-0.4, -0.2) is 37.0 Å². The van der Waals surface area contributed by atoms with Crippen molar-refractivity contribution in [2.24, 2.45) is 0 Å². The summed E-state index contributed by atoms with van der Waals surface area (Å²) < 4.78 is 5.33. The van der Waals surface area contributed by atoms with E-state index < -0.39 is 0 Å². The van der Waals surface area contributed by atoms with Crippen molar-refractivity contribution in [2.75, 3.05) is 20.3 Å². The van der Waals surface area contributed by atoms with E-state index in [-0.39, 0.29) is 12.2 Å². The highest BCUT2D eigenvalue weighted by molar-refractivity contribution is 4.75. The molecule has 0 aliphatic heterocycles. The number of hydrogen-bond donors (Lipinski definition) is 2. The lowest BCUT2D eigenvalue weighted by Gasteiger charge is -2.27. The minimum Gasteiger partial charge on any atom is -0.396 e. The van der Waals surface area contributed by atoms with Gasteiger partial charge in [0.2, 0.25) is 0 Å². The molecular weight excluding hydrogens is 166 g/mol. The maximum absolute atomic E-state index is 8.59. The highest BCUT2D eigenvalue weighted by Gasteiger charge is 2.19. The summed E-state index contributed by atoms with van der Waals surface area (Å²) in [5.41, 5.74) is -0.0639. The average molecular weight is 189 g/mol. The van der Waals surface area contributed by atoms with Gasteiger partial charge in [0.15, 0.2) is 0 Å². The van der Waals surface area contributed by atoms with E-state index in [9.17, 15) is 0 Å². The van der Waals surface area contributed by atoms with Crippen molar-refractivity contribution in [2.45, 2.75) is 45.3 Å². The lowest BCUT2D eigenvalue weighted by molar-refractivity contribution is 0.00854. The molecule has 0 aromatic rings. The zero-order chi connectivity index (χ0) is 10.3. The molecule has 0 heterocycles. The zero-order valence-electron chi connectivity index (χ0n) is 9.26. The van der Waals surface area contributed by atoms with Gasteiger partial charge in [-0.05, 0) is 40.2 Å². The Balaban J connectivity index is 3.55. The molecule has 2 N–H and O–H groups in total. The minimum absolute atomic E-state index is 0.0639. The van der Waals surface area contributed by atoms with Crippen LogP contribution in [0.4, 0.5) is 0 Å². The number of rotatable bonds is 7. The van der Waals surface area contributed by atoms with Gasteiger partial charge in [-0.3, -0.25) is 0 Å². The summed E-state index contributed by atoms with van der Waals surface area (Å²) in [6, 6.07) is 0.432. The Hall–Kier alpha value is -0.120. The topological polar surface area (TPSA) is 41.5 Å². The van der Waals surface area contributed by atoms with Crippen molar-refractivity contribution in [1.29, 1.82) is 0 Å². The molecule has 0 rings (SSSR count). The smallest absolute Gasteiger partial charge is 0.0637 e. The molecule has 1 atom stereocenters. The van der Waals surface area contributed by atoms with Gasteiger partial charge in [-0.2, -0.15) is 0 Å². The zero-order valence-corrected chi connectivity index (χ0v) is 9.26. The molecule has 0 fully saturated rings. The lowest BCUT2D eigenvalue weighted by atomic mass is 10.00. The Morgan fingerprint density at radius 3 is 2.54 bits per heavy atom. The van der Waals surface area contributed by atoms with Gasteiger partial charge in [0.25, 0.3) is 0 Å². The van der Waals surface area contributed by atoms with Crippen LogP contribution in [0, 0.1) is 0 Å². The first-order valence-corrected chi connectivity index (χ1v) is 4.91. The van der Waals surface area contributed by atoms with Gasteiger partial charge < -0.3 is 15.2 Å². The normalized spacial score (nSPS) is 14.5. The van der Waals surface area contributed by atoms with E-state index in [2.05, 4.69) is 26.1 Å². The van der Waals surface area contributed by atoms with Crippen molar-refractivity contribution in [3.05, 3.63) is 0 Å². The van der Waals surface area contributed by atoms with Crippen molar-refractivity contribution in [3.8, 4) is 0 Å². The quantitative estimate of drug-likeness (QED) is 0.591. The summed E-state index contributed by atoms with van der Waals surface area (Å²) in [4.78, 5) is 0. The molecule has 0 saturated carbocycles. The second-order valence-corrected chi connectivity index (χ2v) is 4.10. The highest BCUT2D eigenvalue weighted by atomic mass is 16.5. The second-order valence-electron chi connectivity index (χ2n) is 4.10. The van der Waals surface area contributed by atoms with Crippen LogP contribution in [0.1, 0.15) is 33.6 Å². The van der Waals surface area contributed by atoms with Gasteiger partial charge in [0.1, 0.15) is 0 Å². The van der Waals surface area contributed by atoms with E-state index >= 15 is 0 Å². The molecule has 0 amide bonds. The number of methoxy groups -OCH3 is 1. The summed E-state index contributed by atoms with van der Waals surface area (Å²) in [5.74, 6) is 0. The molecule has 0 aliphatic carbocycles. The minimum atomic E-state index is -0.0639. The number of hydrogen-bond acceptors (Lipinski definition) is 3. The van der Waals surface area contributed by atoms with Crippen LogP contribution in [0.25, 0.3) is 0 Å². The third-order valence-corrected chi connectivity index (χ3v) is 2.18. The molecule has 3 nitrogen and oxygen atoms in total. The van der Waals surface area contributed by atoms with Gasteiger partial charge in [-0.1, -0.05) is 0 Å². The largest absolute Gasteiger partial charge is 0.396 e. The molecule has 0 radical (unpaired) electrons. The average Bonchev–Trinajstić information content (AvgIpc) is 2.04. The van der Waals surface area contributed by atoms with E-state index in [1.165, 1.54) is 0 Å². The molecule has 0 aromatic carbocycles. The summed E-state index contributed by atoms with van der Waals surface area (Å²) in [6.45, 7) is 7.43. The number of nitrogens with one attached hydrogen (secondary N) is 1. The molecule has 0 bridgehead atoms. The van der Waals surface area contributed by atoms with Crippen LogP contribution in [0.15, 0.2) is 0 Å². The maximum atomic E-state index is 8.59. The molecule has 0 unspecified atom stereocenters. The molecule has 0 aromatic heterocycles. The summed E-state index contributed by atoms with van der Waals surface area (Å²) in [7, 11) is 1.74. The third kappa shape index (κ3) is 6.99. The Bertz CT molecular complexity index is 126. The number of aliphatic hydroxyl groups is 1. The maximum Gasteiger partial charge on any atom is 0.0637 e. The predicted octanol–water partition coefficient (Wildman–Crippen LogP) is 1.16. The Labute approximate surface area is 81.5 Å². The van der Waals surface area contributed by atoms with E-state index in [1.807, 2.05) is 0 Å². The molecule has 80 valence electrons. The fourth-order valence-electron chi connectivity index (χ4n) is 1.32. The third-order valence-electron chi connectivity index (χ3n) is 2.18. The molecule has 3 heteroatoms. The van der Waals surface area contributed by atoms with Crippen LogP contribution in [0.2, 0.25) is 0 Å². The van der Waals surface area contributed by atoms with Gasteiger partial charge in [-0.15, -0.1) is 0 Å². The van der Waals surface area contributed by atoms with Gasteiger partial charge >= 0.3 is 0 Å². The fraction of sp³-hybridized carbons (Fsp3) is 1.00. The number of ether oxygens (including phenoxy) is 1. The van der Waals surface area contributed by atoms with Crippen molar-refractivity contribution < 1.29 is 9.84 Å². The fourth-order valence-corrected chi connectivity index (χ4v) is 1.32. The van der Waals surface area contributed by atoms with Crippen LogP contribution < -0.4 is 5.32 Å². The van der Waals surface area contributed by atoms with Crippen molar-refractivity contribution in [3.63, 3.8) is 0 Å². The second kappa shape index (κ2) is 6.35. The van der Waals surface area contributed by atoms with E-state index in [1.54, 1.807) is 7.11 Å². The predicted molar refractivity (Wildman–Crippen MR) is 54.9 cm³/mol. The van der Waals surface area contributed by atoms with Crippen LogP contribution in [0.3, 0.4) is 0 Å². The van der Waals surface area contributed by atoms with Gasteiger partial charge in [0, 0.05) is 19.8 Å². The van der Waals surface area contributed by atoms with E-state index in [0.29, 0.717) is 6.04 Å². The van der Waals surface area contributed by atoms with Crippen LogP contribution >= 0.6 is 0 Å². The van der Waals surface area contributed by atoms with Gasteiger partial charge in [0.05, 0.1) is 5.60 Å². The first kappa shape index (κ1) is 12.9. The first-order valence-electron chi connectivity index (χ1n) is 4.91. The Morgan fingerprint density at radius 1 is 1.46 bits per heavy atom.